The van der Waals surface area contributed by atoms with Gasteiger partial charge in [0.1, 0.15) is 17.6 Å². The lowest BCUT2D eigenvalue weighted by Gasteiger charge is -2.33. The molecule has 3 aromatic rings. The van der Waals surface area contributed by atoms with Crippen molar-refractivity contribution in [1.29, 1.82) is 0 Å². The second-order valence-electron chi connectivity index (χ2n) is 8.56. The highest BCUT2D eigenvalue weighted by molar-refractivity contribution is 5.96. The van der Waals surface area contributed by atoms with Gasteiger partial charge >= 0.3 is 0 Å². The van der Waals surface area contributed by atoms with Gasteiger partial charge in [0.25, 0.3) is 5.91 Å². The predicted octanol–water partition coefficient (Wildman–Crippen LogP) is 5.26. The Morgan fingerprint density at radius 2 is 1.76 bits per heavy atom. The van der Waals surface area contributed by atoms with Crippen molar-refractivity contribution in [2.24, 2.45) is 0 Å². The maximum atomic E-state index is 13.7. The number of hydrogen-bond donors (Lipinski definition) is 1. The Morgan fingerprint density at radius 1 is 1.06 bits per heavy atom. The Labute approximate surface area is 198 Å². The van der Waals surface area contributed by atoms with Crippen LogP contribution >= 0.6 is 0 Å². The number of methoxy groups -OCH3 is 1. The molecule has 1 heterocycles. The predicted molar refractivity (Wildman–Crippen MR) is 126 cm³/mol. The number of benzene rings is 2. The fourth-order valence-corrected chi connectivity index (χ4v) is 4.39. The molecule has 1 atom stereocenters. The van der Waals surface area contributed by atoms with Gasteiger partial charge in [0, 0.05) is 12.6 Å². The van der Waals surface area contributed by atoms with Crippen molar-refractivity contribution in [1.82, 2.24) is 10.2 Å². The van der Waals surface area contributed by atoms with Crippen molar-refractivity contribution < 1.29 is 23.1 Å². The molecular formula is C27H29FN2O4. The highest BCUT2D eigenvalue weighted by atomic mass is 19.1. The highest BCUT2D eigenvalue weighted by Gasteiger charge is 2.34. The van der Waals surface area contributed by atoms with Gasteiger partial charge in [-0.3, -0.25) is 9.59 Å². The summed E-state index contributed by atoms with van der Waals surface area (Å²) in [5.74, 6) is -0.258. The lowest BCUT2D eigenvalue weighted by atomic mass is 9.94. The van der Waals surface area contributed by atoms with Crippen LogP contribution in [-0.4, -0.2) is 29.9 Å². The van der Waals surface area contributed by atoms with Crippen LogP contribution in [0.5, 0.6) is 5.75 Å². The first-order valence-electron chi connectivity index (χ1n) is 11.6. The number of halogens is 1. The average molecular weight is 465 g/mol. The van der Waals surface area contributed by atoms with Crippen molar-refractivity contribution in [3.8, 4) is 5.75 Å². The maximum absolute atomic E-state index is 13.7. The minimum Gasteiger partial charge on any atom is -0.497 e. The lowest BCUT2D eigenvalue weighted by Crippen LogP contribution is -2.46. The largest absolute Gasteiger partial charge is 0.497 e. The van der Waals surface area contributed by atoms with Crippen molar-refractivity contribution >= 4 is 11.8 Å². The van der Waals surface area contributed by atoms with E-state index >= 15 is 0 Å². The van der Waals surface area contributed by atoms with E-state index in [2.05, 4.69) is 5.32 Å². The normalized spacial score (nSPS) is 14.9. The minimum atomic E-state index is -0.907. The zero-order valence-electron chi connectivity index (χ0n) is 19.2. The number of carbonyl (C=O) groups excluding carboxylic acids is 2. The van der Waals surface area contributed by atoms with E-state index in [1.807, 2.05) is 0 Å². The minimum absolute atomic E-state index is 0.0772. The summed E-state index contributed by atoms with van der Waals surface area (Å²) in [4.78, 5) is 28.7. The second-order valence-corrected chi connectivity index (χ2v) is 8.56. The SMILES string of the molecule is COc1ccc([C@@H](C(=O)NC2CCCCC2)N(Cc2ccc(F)cc2)C(=O)c2ccco2)cc1. The maximum Gasteiger partial charge on any atom is 0.290 e. The molecule has 0 unspecified atom stereocenters. The van der Waals surface area contributed by atoms with Crippen molar-refractivity contribution in [2.75, 3.05) is 7.11 Å². The van der Waals surface area contributed by atoms with Crippen LogP contribution in [0.15, 0.2) is 71.3 Å². The summed E-state index contributed by atoms with van der Waals surface area (Å²) >= 11 is 0. The molecule has 2 amide bonds. The zero-order valence-corrected chi connectivity index (χ0v) is 19.2. The number of hydrogen-bond acceptors (Lipinski definition) is 4. The molecule has 1 N–H and O–H groups in total. The quantitative estimate of drug-likeness (QED) is 0.494. The third kappa shape index (κ3) is 5.65. The summed E-state index contributed by atoms with van der Waals surface area (Å²) in [7, 11) is 1.57. The number of rotatable bonds is 8. The van der Waals surface area contributed by atoms with E-state index in [-0.39, 0.29) is 30.1 Å². The van der Waals surface area contributed by atoms with Gasteiger partial charge < -0.3 is 19.4 Å². The van der Waals surface area contributed by atoms with Gasteiger partial charge in [0.2, 0.25) is 5.91 Å². The zero-order chi connectivity index (χ0) is 23.9. The van der Waals surface area contributed by atoms with Crippen molar-refractivity contribution in [2.45, 2.75) is 50.7 Å². The number of nitrogens with zero attached hydrogens (tertiary/aromatic N) is 1. The van der Waals surface area contributed by atoms with Crippen molar-refractivity contribution in [3.63, 3.8) is 0 Å². The molecule has 0 bridgehead atoms. The Hall–Kier alpha value is -3.61. The Morgan fingerprint density at radius 3 is 2.38 bits per heavy atom. The van der Waals surface area contributed by atoms with Gasteiger partial charge in [-0.25, -0.2) is 4.39 Å². The fourth-order valence-electron chi connectivity index (χ4n) is 4.39. The first kappa shape index (κ1) is 23.5. The Balaban J connectivity index is 1.72. The van der Waals surface area contributed by atoms with Gasteiger partial charge in [-0.2, -0.15) is 0 Å². The molecule has 0 spiro atoms. The number of furan rings is 1. The summed E-state index contributed by atoms with van der Waals surface area (Å²) in [6.07, 6.45) is 6.58. The average Bonchev–Trinajstić information content (AvgIpc) is 3.41. The molecule has 34 heavy (non-hydrogen) atoms. The molecule has 4 rings (SSSR count). The molecule has 1 saturated carbocycles. The van der Waals surface area contributed by atoms with Gasteiger partial charge in [-0.05, 0) is 60.4 Å². The van der Waals surface area contributed by atoms with Crippen LogP contribution in [0.1, 0.15) is 59.8 Å². The van der Waals surface area contributed by atoms with E-state index in [1.165, 1.54) is 29.7 Å². The standard InChI is InChI=1S/C27H29FN2O4/c1-33-23-15-11-20(12-16-23)25(26(31)29-22-6-3-2-4-7-22)30(27(32)24-8-5-17-34-24)18-19-9-13-21(28)14-10-19/h5,8-17,22,25H,2-4,6-7,18H2,1H3,(H,29,31)/t25-/m0/s1. The van der Waals surface area contributed by atoms with E-state index in [0.717, 1.165) is 25.7 Å². The van der Waals surface area contributed by atoms with E-state index in [0.29, 0.717) is 16.9 Å². The van der Waals surface area contributed by atoms with Gasteiger partial charge in [-0.1, -0.05) is 43.5 Å². The van der Waals surface area contributed by atoms with E-state index < -0.39 is 11.9 Å². The van der Waals surface area contributed by atoms with Crippen LogP contribution in [0.25, 0.3) is 0 Å². The molecule has 178 valence electrons. The van der Waals surface area contributed by atoms with Crippen LogP contribution in [0.2, 0.25) is 0 Å². The van der Waals surface area contributed by atoms with E-state index in [9.17, 15) is 14.0 Å². The number of amides is 2. The van der Waals surface area contributed by atoms with Gasteiger partial charge in [-0.15, -0.1) is 0 Å². The summed E-state index contributed by atoms with van der Waals surface area (Å²) in [6.45, 7) is 0.106. The smallest absolute Gasteiger partial charge is 0.290 e. The monoisotopic (exact) mass is 464 g/mol. The second kappa shape index (κ2) is 11.0. The summed E-state index contributed by atoms with van der Waals surface area (Å²) < 4.78 is 24.2. The molecule has 6 nitrogen and oxygen atoms in total. The van der Waals surface area contributed by atoms with Crippen LogP contribution in [0.4, 0.5) is 4.39 Å². The molecule has 0 radical (unpaired) electrons. The highest BCUT2D eigenvalue weighted by Crippen LogP contribution is 2.29. The number of carbonyl (C=O) groups is 2. The van der Waals surface area contributed by atoms with E-state index in [4.69, 9.17) is 9.15 Å². The molecule has 7 heteroatoms. The van der Waals surface area contributed by atoms with E-state index in [1.54, 1.807) is 55.6 Å². The van der Waals surface area contributed by atoms with Gasteiger partial charge in [0.15, 0.2) is 5.76 Å². The molecule has 0 saturated heterocycles. The fraction of sp³-hybridized carbons (Fsp3) is 0.333. The molecule has 1 aromatic heterocycles. The van der Waals surface area contributed by atoms with Crippen LogP contribution in [0, 0.1) is 5.82 Å². The Bertz CT molecular complexity index is 1070. The topological polar surface area (TPSA) is 71.8 Å². The molecule has 0 aliphatic heterocycles. The molecular weight excluding hydrogens is 435 g/mol. The van der Waals surface area contributed by atoms with Gasteiger partial charge in [0.05, 0.1) is 13.4 Å². The first-order valence-corrected chi connectivity index (χ1v) is 11.6. The third-order valence-corrected chi connectivity index (χ3v) is 6.20. The van der Waals surface area contributed by atoms with Crippen molar-refractivity contribution in [3.05, 3.63) is 89.6 Å². The number of ether oxygens (including phenoxy) is 1. The lowest BCUT2D eigenvalue weighted by molar-refractivity contribution is -0.127. The van der Waals surface area contributed by atoms with Crippen LogP contribution < -0.4 is 10.1 Å². The molecule has 1 aliphatic rings. The summed E-state index contributed by atoms with van der Waals surface area (Å²) in [6, 6.07) is 15.4. The summed E-state index contributed by atoms with van der Waals surface area (Å²) in [5, 5.41) is 3.17. The summed E-state index contributed by atoms with van der Waals surface area (Å²) in [5.41, 5.74) is 1.35. The molecule has 1 fully saturated rings. The molecule has 2 aromatic carbocycles. The first-order chi connectivity index (χ1) is 16.5. The van der Waals surface area contributed by atoms with Crippen LogP contribution in [-0.2, 0) is 11.3 Å². The Kier molecular flexibility index (Phi) is 7.62. The number of nitrogens with one attached hydrogen (secondary N) is 1. The van der Waals surface area contributed by atoms with Crippen LogP contribution in [0.3, 0.4) is 0 Å². The third-order valence-electron chi connectivity index (χ3n) is 6.20. The molecule has 1 aliphatic carbocycles.